The van der Waals surface area contributed by atoms with Crippen molar-refractivity contribution in [3.05, 3.63) is 36.3 Å². The molecule has 3 heterocycles. The van der Waals surface area contributed by atoms with E-state index in [9.17, 15) is 0 Å². The number of anilines is 2. The first-order valence-corrected chi connectivity index (χ1v) is 7.76. The van der Waals surface area contributed by atoms with Crippen LogP contribution in [0.15, 0.2) is 30.7 Å². The van der Waals surface area contributed by atoms with Gasteiger partial charge in [-0.05, 0) is 17.7 Å². The molecule has 0 atom stereocenters. The number of aromatic nitrogens is 4. The summed E-state index contributed by atoms with van der Waals surface area (Å²) in [5.74, 6) is 1.24. The molecule has 2 N–H and O–H groups in total. The Morgan fingerprint density at radius 1 is 1.13 bits per heavy atom. The Morgan fingerprint density at radius 3 is 2.78 bits per heavy atom. The number of nitrogens with one attached hydrogen (secondary N) is 2. The van der Waals surface area contributed by atoms with Crippen molar-refractivity contribution in [1.29, 1.82) is 0 Å². The van der Waals surface area contributed by atoms with E-state index in [0.717, 1.165) is 50.8 Å². The van der Waals surface area contributed by atoms with Crippen LogP contribution in [0.25, 0.3) is 0 Å². The van der Waals surface area contributed by atoms with Crippen LogP contribution in [0.4, 0.5) is 11.8 Å². The summed E-state index contributed by atoms with van der Waals surface area (Å²) in [5.41, 5.74) is 1.12. The van der Waals surface area contributed by atoms with Crippen molar-refractivity contribution in [2.24, 2.45) is 0 Å². The molecule has 0 amide bonds. The Hall–Kier alpha value is -2.32. The Labute approximate surface area is 135 Å². The van der Waals surface area contributed by atoms with Gasteiger partial charge < -0.3 is 15.4 Å². The molecule has 0 bridgehead atoms. The fourth-order valence-electron chi connectivity index (χ4n) is 2.31. The van der Waals surface area contributed by atoms with Gasteiger partial charge in [0.2, 0.25) is 5.95 Å². The van der Waals surface area contributed by atoms with Gasteiger partial charge in [0.05, 0.1) is 19.4 Å². The molecular weight excluding hydrogens is 294 g/mol. The van der Waals surface area contributed by atoms with E-state index >= 15 is 0 Å². The van der Waals surface area contributed by atoms with E-state index in [4.69, 9.17) is 4.74 Å². The number of hydrogen-bond donors (Lipinski definition) is 2. The van der Waals surface area contributed by atoms with Crippen LogP contribution in [-0.2, 0) is 11.3 Å². The van der Waals surface area contributed by atoms with Crippen LogP contribution in [-0.4, -0.2) is 64.5 Å². The normalized spacial score (nSPS) is 15.3. The molecule has 2 aromatic rings. The molecule has 1 saturated heterocycles. The van der Waals surface area contributed by atoms with Crippen molar-refractivity contribution in [2.75, 3.05) is 50.0 Å². The largest absolute Gasteiger partial charge is 0.379 e. The lowest BCUT2D eigenvalue weighted by Crippen LogP contribution is -2.39. The summed E-state index contributed by atoms with van der Waals surface area (Å²) in [4.78, 5) is 10.8. The second kappa shape index (κ2) is 8.35. The maximum atomic E-state index is 5.34. The van der Waals surface area contributed by atoms with Gasteiger partial charge in [0.1, 0.15) is 0 Å². The highest BCUT2D eigenvalue weighted by atomic mass is 16.5. The van der Waals surface area contributed by atoms with Gasteiger partial charge in [-0.25, -0.2) is 0 Å². The summed E-state index contributed by atoms with van der Waals surface area (Å²) in [6.45, 7) is 6.04. The van der Waals surface area contributed by atoms with Crippen LogP contribution >= 0.6 is 0 Å². The lowest BCUT2D eigenvalue weighted by Gasteiger charge is -2.26. The molecular formula is C15H21N7O. The summed E-state index contributed by atoms with van der Waals surface area (Å²) >= 11 is 0. The lowest BCUT2D eigenvalue weighted by atomic mass is 10.3. The zero-order chi connectivity index (χ0) is 15.7. The standard InChI is InChI=1S/C15H21N7O/c1-3-16-4-2-13(1)11-18-15-20-14(12-19-21-15)17-5-6-22-7-9-23-10-8-22/h1-4,12H,5-11H2,(H2,17,18,20,21). The van der Waals surface area contributed by atoms with E-state index in [1.165, 1.54) is 0 Å². The monoisotopic (exact) mass is 315 g/mol. The third-order valence-electron chi connectivity index (χ3n) is 3.60. The average Bonchev–Trinajstić information content (AvgIpc) is 2.62. The zero-order valence-corrected chi connectivity index (χ0v) is 13.0. The predicted molar refractivity (Wildman–Crippen MR) is 87.1 cm³/mol. The number of rotatable bonds is 7. The molecule has 1 fully saturated rings. The molecule has 8 nitrogen and oxygen atoms in total. The molecule has 1 aliphatic rings. The summed E-state index contributed by atoms with van der Waals surface area (Å²) in [6, 6.07) is 3.90. The molecule has 8 heteroatoms. The first kappa shape index (κ1) is 15.6. The Bertz CT molecular complexity index is 589. The molecule has 122 valence electrons. The first-order valence-electron chi connectivity index (χ1n) is 7.76. The molecule has 0 unspecified atom stereocenters. The number of ether oxygens (including phenoxy) is 1. The lowest BCUT2D eigenvalue weighted by molar-refractivity contribution is 0.0398. The van der Waals surface area contributed by atoms with Crippen LogP contribution in [0.3, 0.4) is 0 Å². The van der Waals surface area contributed by atoms with Crippen LogP contribution in [0.5, 0.6) is 0 Å². The van der Waals surface area contributed by atoms with Crippen molar-refractivity contribution in [3.63, 3.8) is 0 Å². The van der Waals surface area contributed by atoms with E-state index in [1.54, 1.807) is 18.6 Å². The SMILES string of the molecule is c1cc(CNc2nncc(NCCN3CCOCC3)n2)ccn1. The second-order valence-electron chi connectivity index (χ2n) is 5.26. The fraction of sp³-hybridized carbons (Fsp3) is 0.467. The minimum absolute atomic E-state index is 0.512. The number of morpholine rings is 1. The Balaban J connectivity index is 1.45. The van der Waals surface area contributed by atoms with Crippen LogP contribution in [0, 0.1) is 0 Å². The van der Waals surface area contributed by atoms with Gasteiger partial charge in [0, 0.05) is 45.1 Å². The summed E-state index contributed by atoms with van der Waals surface area (Å²) in [6.07, 6.45) is 5.16. The first-order chi connectivity index (χ1) is 11.4. The summed E-state index contributed by atoms with van der Waals surface area (Å²) in [7, 11) is 0. The van der Waals surface area contributed by atoms with Crippen LogP contribution < -0.4 is 10.6 Å². The van der Waals surface area contributed by atoms with Gasteiger partial charge in [0.15, 0.2) is 5.82 Å². The minimum atomic E-state index is 0.512. The van der Waals surface area contributed by atoms with E-state index in [-0.39, 0.29) is 0 Å². The molecule has 0 spiro atoms. The van der Waals surface area contributed by atoms with Gasteiger partial charge in [-0.15, -0.1) is 5.10 Å². The van der Waals surface area contributed by atoms with Crippen molar-refractivity contribution < 1.29 is 4.74 Å². The molecule has 0 radical (unpaired) electrons. The highest BCUT2D eigenvalue weighted by molar-refractivity contribution is 5.37. The number of pyridine rings is 1. The maximum absolute atomic E-state index is 5.34. The topological polar surface area (TPSA) is 88.1 Å². The summed E-state index contributed by atoms with van der Waals surface area (Å²) < 4.78 is 5.34. The minimum Gasteiger partial charge on any atom is -0.379 e. The van der Waals surface area contributed by atoms with Gasteiger partial charge in [-0.2, -0.15) is 10.1 Å². The molecule has 3 rings (SSSR count). The summed E-state index contributed by atoms with van der Waals surface area (Å²) in [5, 5.41) is 14.4. The molecule has 0 aliphatic carbocycles. The second-order valence-corrected chi connectivity index (χ2v) is 5.26. The average molecular weight is 315 g/mol. The predicted octanol–water partition coefficient (Wildman–Crippen LogP) is 0.623. The van der Waals surface area contributed by atoms with Gasteiger partial charge in [-0.1, -0.05) is 0 Å². The van der Waals surface area contributed by atoms with Crippen molar-refractivity contribution >= 4 is 11.8 Å². The highest BCUT2D eigenvalue weighted by Gasteiger charge is 2.09. The Kier molecular flexibility index (Phi) is 5.65. The van der Waals surface area contributed by atoms with Crippen LogP contribution in [0.1, 0.15) is 5.56 Å². The molecule has 23 heavy (non-hydrogen) atoms. The van der Waals surface area contributed by atoms with Crippen molar-refractivity contribution in [2.45, 2.75) is 6.54 Å². The van der Waals surface area contributed by atoms with Crippen molar-refractivity contribution in [3.8, 4) is 0 Å². The quantitative estimate of drug-likeness (QED) is 0.769. The molecule has 1 aliphatic heterocycles. The van der Waals surface area contributed by atoms with E-state index in [0.29, 0.717) is 12.5 Å². The van der Waals surface area contributed by atoms with Crippen LogP contribution in [0.2, 0.25) is 0 Å². The van der Waals surface area contributed by atoms with Crippen molar-refractivity contribution in [1.82, 2.24) is 25.1 Å². The third-order valence-corrected chi connectivity index (χ3v) is 3.60. The van der Waals surface area contributed by atoms with Gasteiger partial charge in [0.25, 0.3) is 0 Å². The molecule has 2 aromatic heterocycles. The third kappa shape index (κ3) is 5.11. The maximum Gasteiger partial charge on any atom is 0.244 e. The van der Waals surface area contributed by atoms with E-state index in [2.05, 4.69) is 35.7 Å². The Morgan fingerprint density at radius 2 is 1.96 bits per heavy atom. The smallest absolute Gasteiger partial charge is 0.244 e. The van der Waals surface area contributed by atoms with Gasteiger partial charge in [-0.3, -0.25) is 9.88 Å². The molecule has 0 aromatic carbocycles. The molecule has 0 saturated carbocycles. The zero-order valence-electron chi connectivity index (χ0n) is 13.0. The van der Waals surface area contributed by atoms with E-state index in [1.807, 2.05) is 12.1 Å². The van der Waals surface area contributed by atoms with E-state index < -0.39 is 0 Å². The number of hydrogen-bond acceptors (Lipinski definition) is 8. The van der Waals surface area contributed by atoms with Gasteiger partial charge >= 0.3 is 0 Å². The fourth-order valence-corrected chi connectivity index (χ4v) is 2.31. The number of nitrogens with zero attached hydrogens (tertiary/aromatic N) is 5. The highest BCUT2D eigenvalue weighted by Crippen LogP contribution is 2.06.